The Balaban J connectivity index is 2.11. The van der Waals surface area contributed by atoms with Crippen LogP contribution in [0.4, 0.5) is 0 Å². The van der Waals surface area contributed by atoms with E-state index < -0.39 is 12.1 Å². The van der Waals surface area contributed by atoms with Crippen molar-refractivity contribution in [3.05, 3.63) is 36.0 Å². The zero-order valence-electron chi connectivity index (χ0n) is 12.8. The van der Waals surface area contributed by atoms with Crippen LogP contribution in [0.15, 0.2) is 30.5 Å². The lowest BCUT2D eigenvalue weighted by atomic mass is 10.0. The number of para-hydroxylation sites is 1. The number of fused-ring (bicyclic) bond motifs is 1. The van der Waals surface area contributed by atoms with Gasteiger partial charge in [-0.15, -0.1) is 0 Å². The molecule has 0 aliphatic carbocycles. The number of carbonyl (C=O) groups excluding carboxylic acids is 2. The fourth-order valence-corrected chi connectivity index (χ4v) is 2.45. The van der Waals surface area contributed by atoms with Crippen molar-refractivity contribution >= 4 is 22.6 Å². The molecule has 1 aromatic heterocycles. The maximum atomic E-state index is 12.3. The molecule has 0 fully saturated rings. The number of H-pyrrole nitrogens is 1. The summed E-state index contributed by atoms with van der Waals surface area (Å²) in [6.45, 7) is 1.52. The smallest absolute Gasteiger partial charge is 0.238 e. The quantitative estimate of drug-likeness (QED) is 0.592. The van der Waals surface area contributed by atoms with Crippen LogP contribution in [0.2, 0.25) is 0 Å². The van der Waals surface area contributed by atoms with E-state index in [-0.39, 0.29) is 18.2 Å². The molecule has 0 saturated heterocycles. The molecule has 0 saturated carbocycles. The molecule has 0 radical (unpaired) electrons. The van der Waals surface area contributed by atoms with E-state index in [9.17, 15) is 9.59 Å². The number of rotatable bonds is 7. The molecule has 2 aromatic rings. The highest BCUT2D eigenvalue weighted by molar-refractivity contribution is 5.90. The summed E-state index contributed by atoms with van der Waals surface area (Å²) >= 11 is 0. The van der Waals surface area contributed by atoms with E-state index in [1.54, 1.807) is 7.05 Å². The predicted molar refractivity (Wildman–Crippen MR) is 86.5 cm³/mol. The van der Waals surface area contributed by atoms with Gasteiger partial charge in [0.05, 0.1) is 12.1 Å². The third-order valence-electron chi connectivity index (χ3n) is 3.81. The van der Waals surface area contributed by atoms with E-state index in [2.05, 4.69) is 15.6 Å². The van der Waals surface area contributed by atoms with Crippen molar-refractivity contribution in [3.8, 4) is 0 Å². The normalized spacial score (nSPS) is 13.8. The van der Waals surface area contributed by atoms with Crippen LogP contribution in [-0.2, 0) is 16.0 Å². The average molecular weight is 302 g/mol. The van der Waals surface area contributed by atoms with Gasteiger partial charge < -0.3 is 21.4 Å². The monoisotopic (exact) mass is 302 g/mol. The van der Waals surface area contributed by atoms with Gasteiger partial charge in [0.2, 0.25) is 5.91 Å². The molecule has 118 valence electrons. The Kier molecular flexibility index (Phi) is 5.30. The van der Waals surface area contributed by atoms with Gasteiger partial charge in [-0.2, -0.15) is 0 Å². The van der Waals surface area contributed by atoms with E-state index in [4.69, 9.17) is 5.73 Å². The summed E-state index contributed by atoms with van der Waals surface area (Å²) in [6.07, 6.45) is 2.44. The van der Waals surface area contributed by atoms with Crippen molar-refractivity contribution in [2.75, 3.05) is 13.6 Å². The third-order valence-corrected chi connectivity index (χ3v) is 3.81. The Morgan fingerprint density at radius 1 is 1.27 bits per heavy atom. The number of aromatic nitrogens is 1. The molecule has 0 aliphatic rings. The van der Waals surface area contributed by atoms with E-state index in [0.29, 0.717) is 6.42 Å². The molecule has 2 rings (SSSR count). The second-order valence-electron chi connectivity index (χ2n) is 5.31. The summed E-state index contributed by atoms with van der Waals surface area (Å²) in [5.74, 6) is -0.365. The number of amides is 1. The average Bonchev–Trinajstić information content (AvgIpc) is 2.92. The standard InChI is InChI=1S/C16H22N4O2/c1-10(21)15(8-17)20-16(22)14(18-2)7-11-9-19-13-6-4-3-5-12(11)13/h3-6,9,14-15,18-19H,7-8,17H2,1-2H3,(H,20,22). The number of nitrogens with one attached hydrogen (secondary N) is 3. The van der Waals surface area contributed by atoms with Gasteiger partial charge in [-0.3, -0.25) is 9.59 Å². The van der Waals surface area contributed by atoms with Crippen LogP contribution in [0, 0.1) is 0 Å². The molecule has 1 amide bonds. The number of carbonyl (C=O) groups is 2. The molecular weight excluding hydrogens is 280 g/mol. The number of Topliss-reactive ketones (excluding diaryl/α,β-unsaturated/α-hetero) is 1. The first kappa shape index (κ1) is 16.2. The third kappa shape index (κ3) is 3.52. The van der Waals surface area contributed by atoms with Gasteiger partial charge in [0, 0.05) is 23.6 Å². The van der Waals surface area contributed by atoms with Gasteiger partial charge >= 0.3 is 0 Å². The molecule has 1 aromatic carbocycles. The SMILES string of the molecule is CNC(Cc1c[nH]c2ccccc12)C(=O)NC(CN)C(C)=O. The number of likely N-dealkylation sites (N-methyl/N-ethyl adjacent to an activating group) is 1. The second kappa shape index (κ2) is 7.20. The van der Waals surface area contributed by atoms with Crippen LogP contribution in [0.25, 0.3) is 10.9 Å². The fourth-order valence-electron chi connectivity index (χ4n) is 2.45. The number of nitrogens with two attached hydrogens (primary N) is 1. The minimum Gasteiger partial charge on any atom is -0.361 e. The van der Waals surface area contributed by atoms with Gasteiger partial charge in [0.15, 0.2) is 5.78 Å². The van der Waals surface area contributed by atoms with Crippen LogP contribution >= 0.6 is 0 Å². The molecule has 0 spiro atoms. The molecule has 0 aliphatic heterocycles. The molecule has 6 nitrogen and oxygen atoms in total. The Hall–Kier alpha value is -2.18. The summed E-state index contributed by atoms with van der Waals surface area (Å²) < 4.78 is 0. The Morgan fingerprint density at radius 3 is 2.64 bits per heavy atom. The van der Waals surface area contributed by atoms with E-state index in [0.717, 1.165) is 16.5 Å². The van der Waals surface area contributed by atoms with Gasteiger partial charge in [0.25, 0.3) is 0 Å². The molecule has 5 N–H and O–H groups in total. The largest absolute Gasteiger partial charge is 0.361 e. The lowest BCUT2D eigenvalue weighted by molar-refractivity contribution is -0.127. The fraction of sp³-hybridized carbons (Fsp3) is 0.375. The number of hydrogen-bond acceptors (Lipinski definition) is 4. The zero-order chi connectivity index (χ0) is 16.1. The summed E-state index contributed by atoms with van der Waals surface area (Å²) in [5.41, 5.74) is 7.60. The Morgan fingerprint density at radius 2 is 2.00 bits per heavy atom. The van der Waals surface area contributed by atoms with E-state index in [1.165, 1.54) is 6.92 Å². The summed E-state index contributed by atoms with van der Waals surface area (Å²) in [7, 11) is 1.73. The number of ketones is 1. The highest BCUT2D eigenvalue weighted by atomic mass is 16.2. The van der Waals surface area contributed by atoms with Crippen molar-refractivity contribution in [2.24, 2.45) is 5.73 Å². The Labute approximate surface area is 129 Å². The number of aromatic amines is 1. The van der Waals surface area contributed by atoms with Crippen molar-refractivity contribution in [2.45, 2.75) is 25.4 Å². The number of benzene rings is 1. The minimum atomic E-state index is -0.633. The molecule has 2 unspecified atom stereocenters. The highest BCUT2D eigenvalue weighted by Gasteiger charge is 2.22. The van der Waals surface area contributed by atoms with Gasteiger partial charge in [-0.1, -0.05) is 18.2 Å². The highest BCUT2D eigenvalue weighted by Crippen LogP contribution is 2.19. The van der Waals surface area contributed by atoms with Gasteiger partial charge in [0.1, 0.15) is 0 Å². The van der Waals surface area contributed by atoms with E-state index in [1.807, 2.05) is 30.5 Å². The molecular formula is C16H22N4O2. The van der Waals surface area contributed by atoms with E-state index >= 15 is 0 Å². The van der Waals surface area contributed by atoms with Crippen LogP contribution in [-0.4, -0.2) is 42.4 Å². The first-order valence-electron chi connectivity index (χ1n) is 7.30. The van der Waals surface area contributed by atoms with Crippen LogP contribution in [0.1, 0.15) is 12.5 Å². The predicted octanol–water partition coefficient (Wildman–Crippen LogP) is 0.331. The first-order valence-corrected chi connectivity index (χ1v) is 7.30. The van der Waals surface area contributed by atoms with Crippen molar-refractivity contribution in [1.82, 2.24) is 15.6 Å². The second-order valence-corrected chi connectivity index (χ2v) is 5.31. The summed E-state index contributed by atoms with van der Waals surface area (Å²) in [6, 6.07) is 6.88. The topological polar surface area (TPSA) is 100 Å². The van der Waals surface area contributed by atoms with Crippen molar-refractivity contribution in [3.63, 3.8) is 0 Å². The number of hydrogen-bond donors (Lipinski definition) is 4. The molecule has 22 heavy (non-hydrogen) atoms. The molecule has 2 atom stereocenters. The van der Waals surface area contributed by atoms with Gasteiger partial charge in [-0.25, -0.2) is 0 Å². The van der Waals surface area contributed by atoms with Crippen molar-refractivity contribution < 1.29 is 9.59 Å². The van der Waals surface area contributed by atoms with Crippen molar-refractivity contribution in [1.29, 1.82) is 0 Å². The lowest BCUT2D eigenvalue weighted by Crippen LogP contribution is -2.52. The molecule has 1 heterocycles. The maximum absolute atomic E-state index is 12.3. The molecule has 0 bridgehead atoms. The molecule has 6 heteroatoms. The van der Waals surface area contributed by atoms with Crippen LogP contribution in [0.5, 0.6) is 0 Å². The summed E-state index contributed by atoms with van der Waals surface area (Å²) in [5, 5.41) is 6.78. The first-order chi connectivity index (χ1) is 10.6. The zero-order valence-corrected chi connectivity index (χ0v) is 12.8. The van der Waals surface area contributed by atoms with Crippen LogP contribution < -0.4 is 16.4 Å². The Bertz CT molecular complexity index is 665. The van der Waals surface area contributed by atoms with Gasteiger partial charge in [-0.05, 0) is 32.0 Å². The van der Waals surface area contributed by atoms with Crippen LogP contribution in [0.3, 0.4) is 0 Å². The summed E-state index contributed by atoms with van der Waals surface area (Å²) in [4.78, 5) is 26.9. The maximum Gasteiger partial charge on any atom is 0.238 e. The lowest BCUT2D eigenvalue weighted by Gasteiger charge is -2.19. The minimum absolute atomic E-state index is 0.102.